The van der Waals surface area contributed by atoms with Crippen molar-refractivity contribution in [3.05, 3.63) is 83.9 Å². The Kier molecular flexibility index (Phi) is 20.0. The number of phenols is 1. The van der Waals surface area contributed by atoms with E-state index in [4.69, 9.17) is 22.3 Å². The van der Waals surface area contributed by atoms with Crippen LogP contribution in [0.2, 0.25) is 0 Å². The van der Waals surface area contributed by atoms with Crippen LogP contribution in [0.3, 0.4) is 0 Å². The number of carboxylic acid groups (broad SMARTS) is 2. The van der Waals surface area contributed by atoms with Crippen LogP contribution < -0.4 is 49.1 Å². The Labute approximate surface area is 416 Å². The SMILES string of the molecule is NC(N)=NCCC[C@H](NC(=O)[C@@H](N)CC(=O)O)C(=O)N[C@@H](CS)C(=O)N[C@@H](Cc1ccc(O)cc1)C(=O)N[C@H]1C[C@H]2SC[C@@H](C(=O)N[C@@H](Cc3ccccc3)C(=O)O)NC(=O)[C@H](Cc3cnc[nH]3)N2C1=O. The number of imidazole rings is 1. The van der Waals surface area contributed by atoms with E-state index in [-0.39, 0.29) is 68.3 Å². The molecule has 2 fully saturated rings. The van der Waals surface area contributed by atoms with E-state index in [9.17, 15) is 53.4 Å². The number of carboxylic acids is 2. The molecular weight excluding hydrogens is 967 g/mol. The lowest BCUT2D eigenvalue weighted by Crippen LogP contribution is -2.61. The number of fused-ring (bicyclic) bond motifs is 1. The van der Waals surface area contributed by atoms with E-state index in [0.29, 0.717) is 16.8 Å². The number of thiol groups is 1. The molecule has 382 valence electrons. The monoisotopic (exact) mass is 1020 g/mol. The molecule has 0 unspecified atom stereocenters. The maximum atomic E-state index is 14.4. The Bertz CT molecular complexity index is 2410. The highest BCUT2D eigenvalue weighted by Gasteiger charge is 2.49. The number of benzene rings is 2. The summed E-state index contributed by atoms with van der Waals surface area (Å²) in [4.78, 5) is 132. The van der Waals surface area contributed by atoms with Crippen molar-refractivity contribution in [2.75, 3.05) is 18.1 Å². The summed E-state index contributed by atoms with van der Waals surface area (Å²) >= 11 is 5.38. The lowest BCUT2D eigenvalue weighted by atomic mass is 10.0. The number of aliphatic imine (C=N–C) groups is 1. The van der Waals surface area contributed by atoms with Gasteiger partial charge in [-0.1, -0.05) is 42.5 Å². The van der Waals surface area contributed by atoms with Crippen LogP contribution in [0.25, 0.3) is 0 Å². The van der Waals surface area contributed by atoms with Crippen LogP contribution in [0.1, 0.15) is 42.5 Å². The Morgan fingerprint density at radius 1 is 0.859 bits per heavy atom. The molecule has 3 heterocycles. The van der Waals surface area contributed by atoms with Crippen molar-refractivity contribution in [2.45, 2.75) is 98.7 Å². The predicted molar refractivity (Wildman–Crippen MR) is 259 cm³/mol. The number of carbonyl (C=O) groups excluding carboxylic acids is 7. The summed E-state index contributed by atoms with van der Waals surface area (Å²) in [5, 5.41) is 43.6. The third-order valence-corrected chi connectivity index (χ3v) is 13.0. The van der Waals surface area contributed by atoms with Crippen molar-refractivity contribution in [1.82, 2.24) is 46.8 Å². The van der Waals surface area contributed by atoms with Gasteiger partial charge < -0.3 is 74.3 Å². The number of nitrogens with zero attached hydrogens (tertiary/aromatic N) is 3. The summed E-state index contributed by atoms with van der Waals surface area (Å²) in [5.74, 6) is -9.12. The Balaban J connectivity index is 1.34. The second-order valence-electron chi connectivity index (χ2n) is 16.7. The highest BCUT2D eigenvalue weighted by atomic mass is 32.2. The van der Waals surface area contributed by atoms with E-state index >= 15 is 0 Å². The van der Waals surface area contributed by atoms with Crippen LogP contribution in [0.5, 0.6) is 5.75 Å². The topological polar surface area (TPSA) is 409 Å². The maximum Gasteiger partial charge on any atom is 0.326 e. The van der Waals surface area contributed by atoms with Crippen molar-refractivity contribution in [3.63, 3.8) is 0 Å². The van der Waals surface area contributed by atoms with Gasteiger partial charge >= 0.3 is 11.9 Å². The van der Waals surface area contributed by atoms with Gasteiger partial charge in [-0.05, 0) is 36.1 Å². The molecule has 27 heteroatoms. The van der Waals surface area contributed by atoms with Crippen LogP contribution in [0, 0.1) is 0 Å². The molecule has 1 aromatic heterocycles. The standard InChI is InChI=1S/C44H57N13O12S2/c45-26(16-35(59)60)36(61)51-27(7-4-12-49-44(46)47)37(62)55-31(19-70)39(64)52-28(13-23-8-10-25(58)11-9-23)38(63)53-29-17-34-57(42(29)67)33(15-24-18-48-21-50-24)41(66)56-32(20-71-34)40(65)54-30(43(68)69)14-22-5-2-1-3-6-22/h1-3,5-6,8-11,18,21,26-34,58,70H,4,7,12-17,19-20,45H2,(H,48,50)(H,51,61)(H,52,64)(H,53,63)(H,54,65)(H,55,62)(H,56,66)(H,59,60)(H,68,69)(H4,46,47,49)/t26-,27-,28-,29-,30-,31-,32-,33-,34+/m0/s1. The van der Waals surface area contributed by atoms with Gasteiger partial charge in [0.2, 0.25) is 41.4 Å². The average molecular weight is 1020 g/mol. The number of hydrogen-bond donors (Lipinski definition) is 14. The Morgan fingerprint density at radius 3 is 2.14 bits per heavy atom. The first kappa shape index (κ1) is 54.5. The molecule has 0 radical (unpaired) electrons. The number of phenolic OH excluding ortho intramolecular Hbond substituents is 1. The van der Waals surface area contributed by atoms with Gasteiger partial charge in [0.05, 0.1) is 24.2 Å². The van der Waals surface area contributed by atoms with Gasteiger partial charge in [0.15, 0.2) is 5.96 Å². The number of carbonyl (C=O) groups is 9. The zero-order valence-corrected chi connectivity index (χ0v) is 39.8. The number of rotatable bonds is 24. The fourth-order valence-electron chi connectivity index (χ4n) is 7.68. The highest BCUT2D eigenvalue weighted by molar-refractivity contribution is 8.00. The van der Waals surface area contributed by atoms with Gasteiger partial charge in [0.1, 0.15) is 48.0 Å². The summed E-state index contributed by atoms with van der Waals surface area (Å²) in [6.07, 6.45) is 1.81. The fraction of sp³-hybridized carbons (Fsp3) is 0.432. The number of amides is 7. The number of aliphatic carboxylic acids is 2. The van der Waals surface area contributed by atoms with E-state index in [1.807, 2.05) is 0 Å². The first-order valence-corrected chi connectivity index (χ1v) is 23.9. The second kappa shape index (κ2) is 26.0. The number of H-pyrrole nitrogens is 1. The molecular formula is C44H57N13O12S2. The van der Waals surface area contributed by atoms with Crippen LogP contribution in [-0.4, -0.2) is 161 Å². The number of aromatic nitrogens is 2. The molecule has 2 saturated heterocycles. The Hall–Kier alpha value is -7.39. The van der Waals surface area contributed by atoms with E-state index in [1.54, 1.807) is 30.3 Å². The van der Waals surface area contributed by atoms with Crippen molar-refractivity contribution < 1.29 is 58.5 Å². The number of aromatic hydroxyl groups is 1. The highest BCUT2D eigenvalue weighted by Crippen LogP contribution is 2.34. The third kappa shape index (κ3) is 16.1. The van der Waals surface area contributed by atoms with Crippen molar-refractivity contribution >= 4 is 83.6 Å². The van der Waals surface area contributed by atoms with Gasteiger partial charge in [-0.15, -0.1) is 11.8 Å². The minimum Gasteiger partial charge on any atom is -0.508 e. The van der Waals surface area contributed by atoms with Gasteiger partial charge in [-0.25, -0.2) is 9.78 Å². The number of guanidine groups is 1. The zero-order chi connectivity index (χ0) is 51.8. The van der Waals surface area contributed by atoms with Crippen molar-refractivity contribution in [2.24, 2.45) is 22.2 Å². The van der Waals surface area contributed by atoms with Crippen molar-refractivity contribution in [1.29, 1.82) is 0 Å². The molecule has 9 atom stereocenters. The third-order valence-electron chi connectivity index (χ3n) is 11.3. The number of aromatic amines is 1. The number of nitrogens with one attached hydrogen (secondary N) is 7. The summed E-state index contributed by atoms with van der Waals surface area (Å²) in [7, 11) is 0. The first-order valence-electron chi connectivity index (χ1n) is 22.2. The maximum absolute atomic E-state index is 14.4. The molecule has 2 aliphatic heterocycles. The predicted octanol–water partition coefficient (Wildman–Crippen LogP) is -3.40. The molecule has 2 aliphatic rings. The molecule has 5 rings (SSSR count). The smallest absolute Gasteiger partial charge is 0.326 e. The molecule has 2 aromatic carbocycles. The first-order chi connectivity index (χ1) is 33.8. The average Bonchev–Trinajstić information content (AvgIpc) is 3.95. The van der Waals surface area contributed by atoms with Crippen LogP contribution in [0.15, 0.2) is 72.1 Å². The van der Waals surface area contributed by atoms with E-state index in [2.05, 4.69) is 59.5 Å². The van der Waals surface area contributed by atoms with Crippen LogP contribution in [-0.2, 0) is 62.4 Å². The minimum atomic E-state index is -1.52. The fourth-order valence-corrected chi connectivity index (χ4v) is 9.33. The van der Waals surface area contributed by atoms with E-state index in [0.717, 1.165) is 11.8 Å². The largest absolute Gasteiger partial charge is 0.508 e. The minimum absolute atomic E-state index is 0.0291. The molecule has 0 aliphatic carbocycles. The van der Waals surface area contributed by atoms with E-state index in [1.165, 1.54) is 41.7 Å². The molecule has 0 spiro atoms. The molecule has 16 N–H and O–H groups in total. The molecule has 25 nitrogen and oxygen atoms in total. The number of thioether (sulfide) groups is 1. The van der Waals surface area contributed by atoms with E-state index < -0.39 is 113 Å². The quantitative estimate of drug-likeness (QED) is 0.0180. The molecule has 71 heavy (non-hydrogen) atoms. The summed E-state index contributed by atoms with van der Waals surface area (Å²) < 4.78 is 0. The second-order valence-corrected chi connectivity index (χ2v) is 18.2. The normalized spacial score (nSPS) is 19.7. The molecule has 7 amide bonds. The summed E-state index contributed by atoms with van der Waals surface area (Å²) in [5.41, 5.74) is 18.1. The zero-order valence-electron chi connectivity index (χ0n) is 38.1. The van der Waals surface area contributed by atoms with Crippen LogP contribution >= 0.6 is 24.4 Å². The molecule has 3 aromatic rings. The lowest BCUT2D eigenvalue weighted by molar-refractivity contribution is -0.143. The lowest BCUT2D eigenvalue weighted by Gasteiger charge is -2.36. The number of hydrogen-bond acceptors (Lipinski definition) is 15. The van der Waals surface area contributed by atoms with Crippen molar-refractivity contribution in [3.8, 4) is 5.75 Å². The number of nitrogens with two attached hydrogens (primary N) is 3. The van der Waals surface area contributed by atoms with Gasteiger partial charge in [-0.3, -0.25) is 43.3 Å². The summed E-state index contributed by atoms with van der Waals surface area (Å²) in [6.45, 7) is 0.0503. The summed E-state index contributed by atoms with van der Waals surface area (Å²) in [6, 6.07) is 3.58. The molecule has 0 bridgehead atoms. The van der Waals surface area contributed by atoms with Gasteiger partial charge in [0.25, 0.3) is 0 Å². The van der Waals surface area contributed by atoms with Gasteiger partial charge in [0, 0.05) is 55.6 Å². The molecule has 0 saturated carbocycles. The van der Waals surface area contributed by atoms with Gasteiger partial charge in [-0.2, -0.15) is 12.6 Å². The Morgan fingerprint density at radius 2 is 1.51 bits per heavy atom. The van der Waals surface area contributed by atoms with Crippen LogP contribution in [0.4, 0.5) is 0 Å².